The van der Waals surface area contributed by atoms with E-state index in [9.17, 15) is 84.2 Å². The van der Waals surface area contributed by atoms with Crippen molar-refractivity contribution in [1.29, 1.82) is 0 Å². The summed E-state index contributed by atoms with van der Waals surface area (Å²) in [6, 6.07) is 0. The van der Waals surface area contributed by atoms with Crippen LogP contribution in [0.15, 0.2) is 0 Å². The third kappa shape index (κ3) is 6.15. The van der Waals surface area contributed by atoms with Crippen LogP contribution in [0.1, 0.15) is 39.0 Å². The van der Waals surface area contributed by atoms with Crippen molar-refractivity contribution in [1.82, 2.24) is 0 Å². The molecule has 0 aromatic carbocycles. The first-order valence-electron chi connectivity index (χ1n) is 9.69. The van der Waals surface area contributed by atoms with E-state index in [4.69, 9.17) is 0 Å². The van der Waals surface area contributed by atoms with Gasteiger partial charge in [-0.25, -0.2) is 0 Å². The number of alkyl halides is 17. The lowest BCUT2D eigenvalue weighted by Crippen LogP contribution is -2.74. The van der Waals surface area contributed by atoms with E-state index in [-0.39, 0.29) is 6.61 Å². The molecule has 226 valence electrons. The molecule has 21 heteroatoms. The molecule has 0 radical (unpaired) electrons. The predicted octanol–water partition coefficient (Wildman–Crippen LogP) is 7.01. The molecule has 0 rings (SSSR count). The summed E-state index contributed by atoms with van der Waals surface area (Å²) in [5, 5.41) is 0. The molecule has 0 saturated carbocycles. The van der Waals surface area contributed by atoms with E-state index >= 15 is 0 Å². The van der Waals surface area contributed by atoms with Gasteiger partial charge in [0.25, 0.3) is 0 Å². The van der Waals surface area contributed by atoms with Gasteiger partial charge < -0.3 is 9.47 Å². The van der Waals surface area contributed by atoms with Crippen LogP contribution in [0.25, 0.3) is 0 Å². The molecule has 0 unspecified atom stereocenters. The number of ether oxygens (including phenoxy) is 2. The SMILES string of the molecule is CCCOC(=O)CCCCC(=O)OC(F)(F)C(F)(F)C(F)(F)C(F)(F)C(F)(F)C(F)(F)C(F)(F)C(F)(F)F. The highest BCUT2D eigenvalue weighted by Crippen LogP contribution is 2.64. The zero-order valence-electron chi connectivity index (χ0n) is 18.3. The molecule has 0 saturated heterocycles. The average Bonchev–Trinajstić information content (AvgIpc) is 2.73. The monoisotopic (exact) mass is 606 g/mol. The molecule has 0 aromatic heterocycles. The van der Waals surface area contributed by atoms with E-state index in [1.807, 2.05) is 0 Å². The van der Waals surface area contributed by atoms with Gasteiger partial charge in [-0.1, -0.05) is 6.92 Å². The lowest BCUT2D eigenvalue weighted by molar-refractivity contribution is -0.474. The molecule has 0 heterocycles. The summed E-state index contributed by atoms with van der Waals surface area (Å²) in [6.45, 7) is 1.53. The van der Waals surface area contributed by atoms with Gasteiger partial charge in [-0.15, -0.1) is 0 Å². The largest absolute Gasteiger partial charge is 0.473 e. The van der Waals surface area contributed by atoms with E-state index < -0.39 is 85.4 Å². The molecule has 0 aliphatic rings. The number of halogens is 17. The van der Waals surface area contributed by atoms with Crippen LogP contribution in [0.2, 0.25) is 0 Å². The third-order valence-electron chi connectivity index (χ3n) is 4.41. The van der Waals surface area contributed by atoms with Crippen molar-refractivity contribution in [3.8, 4) is 0 Å². The molecule has 0 N–H and O–H groups in total. The molecule has 0 aromatic rings. The second-order valence-electron chi connectivity index (χ2n) is 7.36. The summed E-state index contributed by atoms with van der Waals surface area (Å²) in [4.78, 5) is 22.4. The number of hydrogen-bond acceptors (Lipinski definition) is 4. The van der Waals surface area contributed by atoms with Crippen molar-refractivity contribution in [2.45, 2.75) is 86.8 Å². The Morgan fingerprint density at radius 3 is 1.24 bits per heavy atom. The normalized spacial score (nSPS) is 14.9. The Morgan fingerprint density at radius 2 is 0.868 bits per heavy atom. The van der Waals surface area contributed by atoms with Gasteiger partial charge in [-0.2, -0.15) is 74.6 Å². The number of hydrogen-bond donors (Lipinski definition) is 0. The molecule has 0 aliphatic carbocycles. The first-order valence-corrected chi connectivity index (χ1v) is 9.69. The summed E-state index contributed by atoms with van der Waals surface area (Å²) in [5.41, 5.74) is 0. The van der Waals surface area contributed by atoms with Crippen molar-refractivity contribution in [3.63, 3.8) is 0 Å². The number of carbonyl (C=O) groups excluding carboxylic acids is 2. The smallest absolute Gasteiger partial charge is 0.466 e. The molecule has 0 fully saturated rings. The van der Waals surface area contributed by atoms with Crippen molar-refractivity contribution in [2.24, 2.45) is 0 Å². The Balaban J connectivity index is 5.91. The topological polar surface area (TPSA) is 52.6 Å². The Bertz CT molecular complexity index is 835. The highest BCUT2D eigenvalue weighted by molar-refractivity contribution is 5.70. The van der Waals surface area contributed by atoms with E-state index in [1.165, 1.54) is 0 Å². The minimum atomic E-state index is -8.77. The van der Waals surface area contributed by atoms with Crippen molar-refractivity contribution < 1.29 is 93.7 Å². The minimum Gasteiger partial charge on any atom is -0.466 e. The van der Waals surface area contributed by atoms with Crippen LogP contribution in [0.3, 0.4) is 0 Å². The van der Waals surface area contributed by atoms with Gasteiger partial charge in [0.05, 0.1) is 6.61 Å². The fourth-order valence-corrected chi connectivity index (χ4v) is 2.23. The van der Waals surface area contributed by atoms with Gasteiger partial charge in [-0.05, 0) is 19.3 Å². The van der Waals surface area contributed by atoms with Gasteiger partial charge in [0.2, 0.25) is 0 Å². The van der Waals surface area contributed by atoms with E-state index in [0.717, 1.165) is 0 Å². The lowest BCUT2D eigenvalue weighted by atomic mass is 9.90. The van der Waals surface area contributed by atoms with Crippen LogP contribution < -0.4 is 0 Å². The highest BCUT2D eigenvalue weighted by Gasteiger charge is 2.95. The molecule has 4 nitrogen and oxygen atoms in total. The number of rotatable bonds is 14. The Morgan fingerprint density at radius 1 is 0.526 bits per heavy atom. The zero-order valence-corrected chi connectivity index (χ0v) is 18.3. The van der Waals surface area contributed by atoms with Gasteiger partial charge >= 0.3 is 59.8 Å². The maximum Gasteiger partial charge on any atom is 0.473 e. The Labute approximate surface area is 200 Å². The number of unbranched alkanes of at least 4 members (excludes halogenated alkanes) is 1. The first-order chi connectivity index (χ1) is 16.6. The number of carbonyl (C=O) groups is 2. The maximum absolute atomic E-state index is 13.6. The minimum absolute atomic E-state index is 0.0557. The van der Waals surface area contributed by atoms with Crippen LogP contribution in [0.4, 0.5) is 74.6 Å². The molecule has 0 aliphatic heterocycles. The molecular weight excluding hydrogens is 591 g/mol. The standard InChI is InChI=1S/C17H15F17O4/c1-2-7-37-8(35)5-3-4-6-9(36)38-17(33,34)15(28,29)13(24,25)11(20,21)10(18,19)12(22,23)14(26,27)16(30,31)32/h2-7H2,1H3. The maximum atomic E-state index is 13.6. The van der Waals surface area contributed by atoms with Crippen LogP contribution in [-0.4, -0.2) is 66.4 Å². The van der Waals surface area contributed by atoms with Gasteiger partial charge in [0, 0.05) is 12.8 Å². The summed E-state index contributed by atoms with van der Waals surface area (Å²) >= 11 is 0. The second kappa shape index (κ2) is 11.1. The fraction of sp³-hybridized carbons (Fsp3) is 0.882. The summed E-state index contributed by atoms with van der Waals surface area (Å²) in [5.74, 6) is -54.6. The fourth-order valence-electron chi connectivity index (χ4n) is 2.23. The van der Waals surface area contributed by atoms with Crippen molar-refractivity contribution in [3.05, 3.63) is 0 Å². The van der Waals surface area contributed by atoms with Gasteiger partial charge in [0.15, 0.2) is 0 Å². The average molecular weight is 606 g/mol. The third-order valence-corrected chi connectivity index (χ3v) is 4.41. The van der Waals surface area contributed by atoms with E-state index in [0.29, 0.717) is 6.42 Å². The summed E-state index contributed by atoms with van der Waals surface area (Å²) in [7, 11) is 0. The van der Waals surface area contributed by atoms with Crippen LogP contribution in [-0.2, 0) is 19.1 Å². The van der Waals surface area contributed by atoms with Crippen molar-refractivity contribution >= 4 is 11.9 Å². The number of esters is 2. The Kier molecular flexibility index (Phi) is 10.4. The molecule has 0 bridgehead atoms. The lowest BCUT2D eigenvalue weighted by Gasteiger charge is -2.42. The second-order valence-corrected chi connectivity index (χ2v) is 7.36. The molecule has 0 atom stereocenters. The molecular formula is C17H15F17O4. The van der Waals surface area contributed by atoms with E-state index in [1.54, 1.807) is 6.92 Å². The zero-order chi connectivity index (χ0) is 30.8. The molecule has 38 heavy (non-hydrogen) atoms. The molecule has 0 spiro atoms. The van der Waals surface area contributed by atoms with Gasteiger partial charge in [0.1, 0.15) is 0 Å². The van der Waals surface area contributed by atoms with Crippen LogP contribution >= 0.6 is 0 Å². The predicted molar refractivity (Wildman–Crippen MR) is 86.5 cm³/mol. The highest BCUT2D eigenvalue weighted by atomic mass is 19.4. The van der Waals surface area contributed by atoms with Crippen molar-refractivity contribution in [2.75, 3.05) is 6.61 Å². The summed E-state index contributed by atoms with van der Waals surface area (Å²) in [6.07, 6.45) is -17.8. The van der Waals surface area contributed by atoms with Crippen LogP contribution in [0.5, 0.6) is 0 Å². The van der Waals surface area contributed by atoms with Gasteiger partial charge in [-0.3, -0.25) is 9.59 Å². The molecule has 0 amide bonds. The van der Waals surface area contributed by atoms with Crippen LogP contribution in [0, 0.1) is 0 Å². The van der Waals surface area contributed by atoms with E-state index in [2.05, 4.69) is 9.47 Å². The quantitative estimate of drug-likeness (QED) is 0.121. The summed E-state index contributed by atoms with van der Waals surface area (Å²) < 4.78 is 230. The Hall–Kier alpha value is -2.25. The first kappa shape index (κ1) is 35.8.